The number of allylic oxidation sites excluding steroid dienone is 9. The second kappa shape index (κ2) is 36.0. The fourth-order valence-corrected chi connectivity index (χ4v) is 5.45. The normalized spacial score (nSPS) is 15.0. The second-order valence-electron chi connectivity index (χ2n) is 12.2. The maximum atomic E-state index is 12.5. The zero-order valence-electron chi connectivity index (χ0n) is 30.6. The van der Waals surface area contributed by atoms with Crippen LogP contribution in [0.2, 0.25) is 0 Å². The van der Waals surface area contributed by atoms with Crippen molar-refractivity contribution < 1.29 is 43.0 Å². The summed E-state index contributed by atoms with van der Waals surface area (Å²) in [4.78, 5) is 22.4. The Hall–Kier alpha value is -1.84. The number of hydrogen-bond acceptors (Lipinski definition) is 8. The van der Waals surface area contributed by atoms with Crippen LogP contribution in [0.25, 0.3) is 0 Å². The number of aliphatic hydroxyl groups excluding tert-OH is 2. The number of aliphatic hydroxyl groups is 2. The van der Waals surface area contributed by atoms with Crippen molar-refractivity contribution in [1.29, 1.82) is 0 Å². The first-order valence-corrected chi connectivity index (χ1v) is 20.3. The molecule has 0 saturated carbocycles. The van der Waals surface area contributed by atoms with Gasteiger partial charge >= 0.3 is 13.8 Å². The van der Waals surface area contributed by atoms with E-state index in [9.17, 15) is 19.4 Å². The van der Waals surface area contributed by atoms with Crippen molar-refractivity contribution in [3.8, 4) is 0 Å². The zero-order chi connectivity index (χ0) is 36.1. The summed E-state index contributed by atoms with van der Waals surface area (Å²) >= 11 is 0. The van der Waals surface area contributed by atoms with Crippen molar-refractivity contribution in [3.05, 3.63) is 60.8 Å². The summed E-state index contributed by atoms with van der Waals surface area (Å²) in [5.74, 6) is -0.510. The van der Waals surface area contributed by atoms with Crippen LogP contribution < -0.4 is 0 Å². The zero-order valence-corrected chi connectivity index (χ0v) is 31.5. The Morgan fingerprint density at radius 2 is 1.08 bits per heavy atom. The fourth-order valence-electron chi connectivity index (χ4n) is 4.66. The number of ether oxygens (including phenoxy) is 2. The minimum Gasteiger partial charge on any atom is -0.457 e. The number of phosphoric acid groups is 1. The number of hydrogen-bond donors (Lipinski definition) is 3. The summed E-state index contributed by atoms with van der Waals surface area (Å²) in [5.41, 5.74) is 0. The molecule has 0 aliphatic rings. The van der Waals surface area contributed by atoms with E-state index in [4.69, 9.17) is 23.6 Å². The summed E-state index contributed by atoms with van der Waals surface area (Å²) in [6.07, 6.45) is 39.2. The van der Waals surface area contributed by atoms with E-state index in [0.717, 1.165) is 44.9 Å². The van der Waals surface area contributed by atoms with E-state index in [-0.39, 0.29) is 13.0 Å². The molecule has 0 aromatic heterocycles. The molecule has 0 spiro atoms. The molecule has 3 unspecified atom stereocenters. The first-order valence-electron chi connectivity index (χ1n) is 18.8. The first-order chi connectivity index (χ1) is 23.8. The monoisotopic (exact) mass is 712 g/mol. The van der Waals surface area contributed by atoms with Gasteiger partial charge in [-0.2, -0.15) is 0 Å². The lowest BCUT2D eigenvalue weighted by Gasteiger charge is -2.20. The smallest absolute Gasteiger partial charge is 0.457 e. The van der Waals surface area contributed by atoms with E-state index in [1.165, 1.54) is 64.2 Å². The van der Waals surface area contributed by atoms with Crippen LogP contribution in [-0.4, -0.2) is 66.3 Å². The number of carbonyl (C=O) groups excluding carboxylic acids is 1. The van der Waals surface area contributed by atoms with Crippen LogP contribution in [0.15, 0.2) is 60.8 Å². The molecule has 0 radical (unpaired) electrons. The van der Waals surface area contributed by atoms with Gasteiger partial charge < -0.3 is 24.6 Å². The quantitative estimate of drug-likeness (QED) is 0.0254. The summed E-state index contributed by atoms with van der Waals surface area (Å²) in [6.45, 7) is 3.25. The largest absolute Gasteiger partial charge is 0.472 e. The topological polar surface area (TPSA) is 132 Å². The summed E-state index contributed by atoms with van der Waals surface area (Å²) < 4.78 is 33.1. The summed E-state index contributed by atoms with van der Waals surface area (Å²) in [5, 5.41) is 18.3. The molecule has 49 heavy (non-hydrogen) atoms. The molecule has 0 fully saturated rings. The Morgan fingerprint density at radius 1 is 0.633 bits per heavy atom. The Bertz CT molecular complexity index is 945. The van der Waals surface area contributed by atoms with Gasteiger partial charge in [-0.05, 0) is 38.5 Å². The van der Waals surface area contributed by atoms with Gasteiger partial charge in [0.15, 0.2) is 0 Å². The van der Waals surface area contributed by atoms with E-state index in [2.05, 4.69) is 56.4 Å². The molecule has 284 valence electrons. The molecule has 0 heterocycles. The molecule has 0 aromatic carbocycles. The molecule has 0 saturated heterocycles. The molecule has 0 bridgehead atoms. The predicted molar refractivity (Wildman–Crippen MR) is 200 cm³/mol. The van der Waals surface area contributed by atoms with Crippen LogP contribution in [0.1, 0.15) is 136 Å². The van der Waals surface area contributed by atoms with Crippen molar-refractivity contribution in [2.75, 3.05) is 33.0 Å². The van der Waals surface area contributed by atoms with Crippen LogP contribution in [-0.2, 0) is 27.9 Å². The molecule has 0 rings (SSSR count). The average molecular weight is 713 g/mol. The number of rotatable bonds is 35. The van der Waals surface area contributed by atoms with Gasteiger partial charge in [0.05, 0.1) is 32.8 Å². The summed E-state index contributed by atoms with van der Waals surface area (Å²) in [7, 11) is -4.54. The molecule has 10 heteroatoms. The van der Waals surface area contributed by atoms with Crippen LogP contribution in [0.5, 0.6) is 0 Å². The van der Waals surface area contributed by atoms with Gasteiger partial charge in [-0.3, -0.25) is 13.8 Å². The Labute approximate surface area is 298 Å². The lowest BCUT2D eigenvalue weighted by atomic mass is 10.0. The lowest BCUT2D eigenvalue weighted by Crippen LogP contribution is -2.28. The average Bonchev–Trinajstić information content (AvgIpc) is 3.09. The van der Waals surface area contributed by atoms with E-state index in [0.29, 0.717) is 13.0 Å². The summed E-state index contributed by atoms with van der Waals surface area (Å²) in [6, 6.07) is 0. The lowest BCUT2D eigenvalue weighted by molar-refractivity contribution is -0.153. The van der Waals surface area contributed by atoms with Gasteiger partial charge in [0.2, 0.25) is 0 Å². The minimum atomic E-state index is -4.54. The number of phosphoric ester groups is 1. The Balaban J connectivity index is 4.40. The minimum absolute atomic E-state index is 0.00886. The standard InChI is InChI=1S/C39H69O9P/c1-3-5-7-9-11-13-15-17-18-19-21-23-25-27-29-31-39(42)48-38(36-47-49(43,44)46-34-37(41)33-40)35-45-32-30-28-26-24-22-20-16-14-12-10-8-6-4-2/h5,7,11,13,17-18,21,23,27,29,37-38,40-41H,3-4,6,8-10,12,14-16,19-20,22,24-26,28,30-36H2,1-2H3,(H,43,44)/b7-5-,13-11-,18-17-,23-21-,29-27-. The molecule has 9 nitrogen and oxygen atoms in total. The van der Waals surface area contributed by atoms with Gasteiger partial charge in [0, 0.05) is 6.61 Å². The number of carbonyl (C=O) groups is 1. The van der Waals surface area contributed by atoms with Crippen molar-refractivity contribution in [2.24, 2.45) is 0 Å². The van der Waals surface area contributed by atoms with E-state index in [1.54, 1.807) is 6.08 Å². The van der Waals surface area contributed by atoms with Gasteiger partial charge in [-0.25, -0.2) is 4.57 Å². The van der Waals surface area contributed by atoms with Crippen LogP contribution >= 0.6 is 7.82 Å². The van der Waals surface area contributed by atoms with Gasteiger partial charge in [0.1, 0.15) is 12.2 Å². The second-order valence-corrected chi connectivity index (χ2v) is 13.7. The molecular weight excluding hydrogens is 643 g/mol. The van der Waals surface area contributed by atoms with Crippen molar-refractivity contribution in [1.82, 2.24) is 0 Å². The van der Waals surface area contributed by atoms with E-state index in [1.807, 2.05) is 12.2 Å². The van der Waals surface area contributed by atoms with E-state index >= 15 is 0 Å². The highest BCUT2D eigenvalue weighted by Crippen LogP contribution is 2.43. The number of esters is 1. The van der Waals surface area contributed by atoms with Crippen molar-refractivity contribution in [3.63, 3.8) is 0 Å². The van der Waals surface area contributed by atoms with Gasteiger partial charge in [-0.1, -0.05) is 152 Å². The van der Waals surface area contributed by atoms with Crippen LogP contribution in [0, 0.1) is 0 Å². The maximum Gasteiger partial charge on any atom is 0.472 e. The third-order valence-electron chi connectivity index (χ3n) is 7.50. The van der Waals surface area contributed by atoms with Crippen molar-refractivity contribution >= 4 is 13.8 Å². The molecular formula is C39H69O9P. The third kappa shape index (κ3) is 35.8. The number of unbranched alkanes of at least 4 members (excludes halogenated alkanes) is 12. The van der Waals surface area contributed by atoms with E-state index < -0.39 is 45.8 Å². The Morgan fingerprint density at radius 3 is 1.57 bits per heavy atom. The first kappa shape index (κ1) is 47.2. The van der Waals surface area contributed by atoms with Crippen molar-refractivity contribution in [2.45, 2.75) is 148 Å². The molecule has 3 atom stereocenters. The molecule has 0 aromatic rings. The highest BCUT2D eigenvalue weighted by Gasteiger charge is 2.26. The highest BCUT2D eigenvalue weighted by atomic mass is 31.2. The predicted octanol–water partition coefficient (Wildman–Crippen LogP) is 9.63. The molecule has 0 aliphatic heterocycles. The van der Waals surface area contributed by atoms with Crippen LogP contribution in [0.4, 0.5) is 0 Å². The Kier molecular flexibility index (Phi) is 34.6. The SMILES string of the molecule is CC/C=C\C/C=C\C/C=C\C/C=C\C/C=C\CC(=O)OC(COCCCCCCCCCCCCCCC)COP(=O)(O)OCC(O)CO. The van der Waals surface area contributed by atoms with Crippen LogP contribution in [0.3, 0.4) is 0 Å². The third-order valence-corrected chi connectivity index (χ3v) is 8.45. The highest BCUT2D eigenvalue weighted by molar-refractivity contribution is 7.47. The van der Waals surface area contributed by atoms with Gasteiger partial charge in [0.25, 0.3) is 0 Å². The van der Waals surface area contributed by atoms with Gasteiger partial charge in [-0.15, -0.1) is 0 Å². The fraction of sp³-hybridized carbons (Fsp3) is 0.718. The maximum absolute atomic E-state index is 12.5. The molecule has 0 aliphatic carbocycles. The molecule has 3 N–H and O–H groups in total. The molecule has 0 amide bonds.